The fourth-order valence-electron chi connectivity index (χ4n) is 2.33. The zero-order chi connectivity index (χ0) is 9.69. The molecule has 0 aromatic rings. The van der Waals surface area contributed by atoms with Gasteiger partial charge in [0.05, 0.1) is 0 Å². The Morgan fingerprint density at radius 3 is 2.08 bits per heavy atom. The van der Waals surface area contributed by atoms with Gasteiger partial charge in [0.25, 0.3) is 0 Å². The highest BCUT2D eigenvalue weighted by Gasteiger charge is 2.53. The zero-order valence-electron chi connectivity index (χ0n) is 8.71. The molecular weight excluding hydrogens is 164 g/mol. The van der Waals surface area contributed by atoms with Gasteiger partial charge in [0, 0.05) is 37.1 Å². The van der Waals surface area contributed by atoms with Crippen molar-refractivity contribution < 1.29 is 4.79 Å². The summed E-state index contributed by atoms with van der Waals surface area (Å²) in [5.41, 5.74) is 0.765. The molecule has 2 rings (SSSR count). The van der Waals surface area contributed by atoms with E-state index in [0.717, 1.165) is 19.5 Å². The normalized spacial score (nSPS) is 26.8. The van der Waals surface area contributed by atoms with Gasteiger partial charge in [0.15, 0.2) is 0 Å². The van der Waals surface area contributed by atoms with Crippen molar-refractivity contribution in [2.24, 2.45) is 5.41 Å². The molecule has 1 amide bonds. The van der Waals surface area contributed by atoms with Gasteiger partial charge in [0.1, 0.15) is 0 Å². The van der Waals surface area contributed by atoms with Gasteiger partial charge in [-0.3, -0.25) is 9.69 Å². The van der Waals surface area contributed by atoms with Crippen LogP contribution in [-0.4, -0.2) is 47.9 Å². The average molecular weight is 182 g/mol. The Morgan fingerprint density at radius 1 is 1.15 bits per heavy atom. The average Bonchev–Trinajstić information content (AvgIpc) is 1.78. The molecule has 0 unspecified atom stereocenters. The van der Waals surface area contributed by atoms with E-state index in [9.17, 15) is 4.79 Å². The summed E-state index contributed by atoms with van der Waals surface area (Å²) in [6.45, 7) is 11.0. The molecule has 0 aliphatic carbocycles. The molecule has 0 atom stereocenters. The van der Waals surface area contributed by atoms with Crippen LogP contribution in [0.3, 0.4) is 0 Å². The Hall–Kier alpha value is -0.570. The third-order valence-electron chi connectivity index (χ3n) is 3.23. The van der Waals surface area contributed by atoms with E-state index in [2.05, 4.69) is 25.7 Å². The first kappa shape index (κ1) is 9.00. The summed E-state index contributed by atoms with van der Waals surface area (Å²) < 4.78 is 0. The molecule has 2 aliphatic heterocycles. The molecule has 2 heterocycles. The van der Waals surface area contributed by atoms with Gasteiger partial charge in [-0.05, 0) is 20.8 Å². The van der Waals surface area contributed by atoms with Crippen LogP contribution in [0.2, 0.25) is 0 Å². The lowest BCUT2D eigenvalue weighted by Crippen LogP contribution is -2.74. The second-order valence-corrected chi connectivity index (χ2v) is 5.54. The highest BCUT2D eigenvalue weighted by molar-refractivity contribution is 5.49. The highest BCUT2D eigenvalue weighted by atomic mass is 16.1. The molecule has 0 aromatic carbocycles. The Kier molecular flexibility index (Phi) is 1.71. The van der Waals surface area contributed by atoms with E-state index < -0.39 is 0 Å². The number of hydrogen-bond acceptors (Lipinski definition) is 2. The van der Waals surface area contributed by atoms with E-state index in [1.54, 1.807) is 0 Å². The lowest BCUT2D eigenvalue weighted by molar-refractivity contribution is -0.157. The van der Waals surface area contributed by atoms with Crippen molar-refractivity contribution >= 4 is 6.41 Å². The first-order valence-electron chi connectivity index (χ1n) is 4.90. The van der Waals surface area contributed by atoms with Crippen LogP contribution in [0.25, 0.3) is 0 Å². The van der Waals surface area contributed by atoms with Crippen LogP contribution in [0, 0.1) is 5.41 Å². The van der Waals surface area contributed by atoms with Crippen molar-refractivity contribution in [3.05, 3.63) is 0 Å². The second-order valence-electron chi connectivity index (χ2n) is 5.54. The number of amides is 1. The molecule has 2 saturated heterocycles. The van der Waals surface area contributed by atoms with E-state index in [-0.39, 0.29) is 0 Å². The molecule has 1 spiro atoms. The van der Waals surface area contributed by atoms with Gasteiger partial charge < -0.3 is 4.90 Å². The number of nitrogens with zero attached hydrogens (tertiary/aromatic N) is 2. The van der Waals surface area contributed by atoms with Crippen LogP contribution in [-0.2, 0) is 4.79 Å². The molecule has 0 radical (unpaired) electrons. The molecule has 3 heteroatoms. The molecule has 0 N–H and O–H groups in total. The molecular formula is C10H18N2O. The van der Waals surface area contributed by atoms with Crippen molar-refractivity contribution in [1.82, 2.24) is 9.80 Å². The fourth-order valence-corrected chi connectivity index (χ4v) is 2.33. The predicted octanol–water partition coefficient (Wildman–Crippen LogP) is 0.559. The van der Waals surface area contributed by atoms with E-state index >= 15 is 0 Å². The van der Waals surface area contributed by atoms with E-state index in [1.165, 1.54) is 13.1 Å². The Bertz CT molecular complexity index is 218. The molecule has 0 aromatic heterocycles. The van der Waals surface area contributed by atoms with Gasteiger partial charge in [-0.1, -0.05) is 0 Å². The summed E-state index contributed by atoms with van der Waals surface area (Å²) in [5.74, 6) is 0. The second kappa shape index (κ2) is 2.47. The quantitative estimate of drug-likeness (QED) is 0.553. The maximum Gasteiger partial charge on any atom is 0.209 e. The van der Waals surface area contributed by atoms with Gasteiger partial charge in [-0.2, -0.15) is 0 Å². The highest BCUT2D eigenvalue weighted by Crippen LogP contribution is 2.41. The summed E-state index contributed by atoms with van der Waals surface area (Å²) in [4.78, 5) is 14.7. The minimum atomic E-state index is 0.298. The monoisotopic (exact) mass is 182 g/mol. The van der Waals surface area contributed by atoms with Gasteiger partial charge >= 0.3 is 0 Å². The minimum Gasteiger partial charge on any atom is -0.344 e. The molecule has 13 heavy (non-hydrogen) atoms. The van der Waals surface area contributed by atoms with Crippen LogP contribution in [0.1, 0.15) is 20.8 Å². The van der Waals surface area contributed by atoms with Gasteiger partial charge in [-0.15, -0.1) is 0 Å². The number of hydrogen-bond donors (Lipinski definition) is 0. The zero-order valence-corrected chi connectivity index (χ0v) is 8.71. The van der Waals surface area contributed by atoms with E-state index in [0.29, 0.717) is 11.0 Å². The summed E-state index contributed by atoms with van der Waals surface area (Å²) in [5, 5.41) is 0. The third kappa shape index (κ3) is 1.35. The summed E-state index contributed by atoms with van der Waals surface area (Å²) >= 11 is 0. The van der Waals surface area contributed by atoms with Gasteiger partial charge in [0.2, 0.25) is 6.41 Å². The number of likely N-dealkylation sites (tertiary alicyclic amines) is 2. The molecule has 2 fully saturated rings. The molecule has 0 saturated carbocycles. The predicted molar refractivity (Wildman–Crippen MR) is 51.4 cm³/mol. The first-order chi connectivity index (χ1) is 5.95. The smallest absolute Gasteiger partial charge is 0.209 e. The van der Waals surface area contributed by atoms with Crippen molar-refractivity contribution in [2.45, 2.75) is 26.3 Å². The standard InChI is InChI=1S/C10H18N2O/c1-9(2,3)12-6-10(7-12)4-11(5-10)8-13/h8H,4-7H2,1-3H3. The Labute approximate surface area is 79.7 Å². The van der Waals surface area contributed by atoms with Crippen molar-refractivity contribution in [3.63, 3.8) is 0 Å². The summed E-state index contributed by atoms with van der Waals surface area (Å²) in [6.07, 6.45) is 0.963. The Morgan fingerprint density at radius 2 is 1.69 bits per heavy atom. The van der Waals surface area contributed by atoms with Crippen LogP contribution in [0.4, 0.5) is 0 Å². The lowest BCUT2D eigenvalue weighted by Gasteiger charge is -2.62. The van der Waals surface area contributed by atoms with E-state index in [4.69, 9.17) is 0 Å². The van der Waals surface area contributed by atoms with Crippen molar-refractivity contribution in [2.75, 3.05) is 26.2 Å². The molecule has 2 aliphatic rings. The number of carbonyl (C=O) groups is 1. The topological polar surface area (TPSA) is 23.6 Å². The molecule has 74 valence electrons. The minimum absolute atomic E-state index is 0.298. The van der Waals surface area contributed by atoms with Crippen LogP contribution < -0.4 is 0 Å². The SMILES string of the molecule is CC(C)(C)N1CC2(CN(C=O)C2)C1. The lowest BCUT2D eigenvalue weighted by atomic mass is 9.71. The number of rotatable bonds is 1. The third-order valence-corrected chi connectivity index (χ3v) is 3.23. The Balaban J connectivity index is 1.83. The van der Waals surface area contributed by atoms with Crippen molar-refractivity contribution in [1.29, 1.82) is 0 Å². The number of carbonyl (C=O) groups excluding carboxylic acids is 1. The summed E-state index contributed by atoms with van der Waals surface area (Å²) in [7, 11) is 0. The maximum atomic E-state index is 10.4. The maximum absolute atomic E-state index is 10.4. The van der Waals surface area contributed by atoms with Crippen LogP contribution in [0.5, 0.6) is 0 Å². The largest absolute Gasteiger partial charge is 0.344 e. The summed E-state index contributed by atoms with van der Waals surface area (Å²) in [6, 6.07) is 0. The van der Waals surface area contributed by atoms with Crippen LogP contribution >= 0.6 is 0 Å². The first-order valence-corrected chi connectivity index (χ1v) is 4.90. The van der Waals surface area contributed by atoms with Crippen LogP contribution in [0.15, 0.2) is 0 Å². The van der Waals surface area contributed by atoms with E-state index in [1.807, 2.05) is 4.90 Å². The van der Waals surface area contributed by atoms with Gasteiger partial charge in [-0.25, -0.2) is 0 Å². The van der Waals surface area contributed by atoms with Crippen molar-refractivity contribution in [3.8, 4) is 0 Å². The molecule has 0 bridgehead atoms. The fraction of sp³-hybridized carbons (Fsp3) is 0.900. The molecule has 3 nitrogen and oxygen atoms in total.